The highest BCUT2D eigenvalue weighted by Crippen LogP contribution is 2.76. The van der Waals surface area contributed by atoms with E-state index in [0.717, 1.165) is 4.90 Å². The predicted octanol–water partition coefficient (Wildman–Crippen LogP) is 7.37. The van der Waals surface area contributed by atoms with Crippen LogP contribution in [0, 0.1) is 11.3 Å². The molecular weight excluding hydrogens is 599 g/mol. The van der Waals surface area contributed by atoms with Gasteiger partial charge in [0.25, 0.3) is 0 Å². The zero-order valence-corrected chi connectivity index (χ0v) is 22.5. The SMILES string of the molecule is CC12C(=O)N(c3cc(Cl)cc(Cl)c3)C(=O)C1C2(c1ccc(OCC(F)(F)F)cc1)c1ccc(OCC(F)(F)F)cc1. The van der Waals surface area contributed by atoms with E-state index >= 15 is 0 Å². The summed E-state index contributed by atoms with van der Waals surface area (Å²) in [6.45, 7) is -1.43. The zero-order valence-electron chi connectivity index (χ0n) is 20.9. The first-order chi connectivity index (χ1) is 19.1. The molecule has 0 spiro atoms. The second-order valence-corrected chi connectivity index (χ2v) is 10.8. The Bertz CT molecular complexity index is 1430. The van der Waals surface area contributed by atoms with Gasteiger partial charge in [0.1, 0.15) is 11.5 Å². The lowest BCUT2D eigenvalue weighted by Gasteiger charge is -2.30. The molecule has 0 radical (unpaired) electrons. The summed E-state index contributed by atoms with van der Waals surface area (Å²) in [6, 6.07) is 15.3. The molecule has 2 aliphatic rings. The molecule has 2 unspecified atom stereocenters. The second kappa shape index (κ2) is 9.84. The van der Waals surface area contributed by atoms with Gasteiger partial charge < -0.3 is 9.47 Å². The van der Waals surface area contributed by atoms with Gasteiger partial charge in [-0.3, -0.25) is 9.59 Å². The Morgan fingerprint density at radius 1 is 0.756 bits per heavy atom. The van der Waals surface area contributed by atoms with Gasteiger partial charge in [-0.1, -0.05) is 47.5 Å². The van der Waals surface area contributed by atoms with Crippen molar-refractivity contribution < 1.29 is 45.4 Å². The van der Waals surface area contributed by atoms with Crippen LogP contribution in [0.25, 0.3) is 0 Å². The largest absolute Gasteiger partial charge is 0.484 e. The minimum atomic E-state index is -4.55. The van der Waals surface area contributed by atoms with Gasteiger partial charge in [-0.25, -0.2) is 4.90 Å². The number of imide groups is 1. The van der Waals surface area contributed by atoms with Crippen molar-refractivity contribution in [3.63, 3.8) is 0 Å². The van der Waals surface area contributed by atoms with Gasteiger partial charge in [0, 0.05) is 15.5 Å². The fourth-order valence-electron chi connectivity index (χ4n) is 5.78. The third-order valence-corrected chi connectivity index (χ3v) is 7.83. The number of nitrogens with zero attached hydrogens (tertiary/aromatic N) is 1. The number of anilines is 1. The molecule has 5 rings (SSSR count). The van der Waals surface area contributed by atoms with E-state index in [1.807, 2.05) is 0 Å². The van der Waals surface area contributed by atoms with Crippen molar-refractivity contribution in [2.45, 2.75) is 24.7 Å². The third-order valence-electron chi connectivity index (χ3n) is 7.39. The topological polar surface area (TPSA) is 55.8 Å². The molecule has 1 aliphatic carbocycles. The molecule has 3 aromatic carbocycles. The first kappa shape index (κ1) is 29.1. The molecule has 3 aromatic rings. The lowest BCUT2D eigenvalue weighted by Crippen LogP contribution is -2.42. The van der Waals surface area contributed by atoms with E-state index in [-0.39, 0.29) is 27.2 Å². The van der Waals surface area contributed by atoms with E-state index in [9.17, 15) is 35.9 Å². The van der Waals surface area contributed by atoms with Crippen LogP contribution < -0.4 is 14.4 Å². The van der Waals surface area contributed by atoms with E-state index in [0.29, 0.717) is 11.1 Å². The number of fused-ring (bicyclic) bond motifs is 1. The summed E-state index contributed by atoms with van der Waals surface area (Å²) in [5.41, 5.74) is -1.61. The van der Waals surface area contributed by atoms with Crippen LogP contribution in [0.3, 0.4) is 0 Å². The van der Waals surface area contributed by atoms with Crippen LogP contribution in [-0.4, -0.2) is 37.4 Å². The number of alkyl halides is 6. The zero-order chi connectivity index (χ0) is 30.0. The Balaban J connectivity index is 1.55. The molecule has 13 heteroatoms. The van der Waals surface area contributed by atoms with E-state index in [4.69, 9.17) is 32.7 Å². The van der Waals surface area contributed by atoms with Crippen LogP contribution in [0.1, 0.15) is 18.1 Å². The summed E-state index contributed by atoms with van der Waals surface area (Å²) in [6.07, 6.45) is -9.11. The number of hydrogen-bond acceptors (Lipinski definition) is 4. The van der Waals surface area contributed by atoms with E-state index in [1.54, 1.807) is 6.92 Å². The fraction of sp³-hybridized carbons (Fsp3) is 0.286. The average Bonchev–Trinajstić information content (AvgIpc) is 3.40. The number of piperidine rings is 1. The van der Waals surface area contributed by atoms with Crippen LogP contribution in [0.2, 0.25) is 10.0 Å². The summed E-state index contributed by atoms with van der Waals surface area (Å²) < 4.78 is 85.3. The van der Waals surface area contributed by atoms with Crippen molar-refractivity contribution in [3.8, 4) is 11.5 Å². The van der Waals surface area contributed by atoms with E-state index in [1.165, 1.54) is 66.7 Å². The molecule has 1 heterocycles. The molecule has 1 saturated heterocycles. The van der Waals surface area contributed by atoms with Gasteiger partial charge in [-0.2, -0.15) is 26.3 Å². The van der Waals surface area contributed by atoms with Crippen LogP contribution >= 0.6 is 23.2 Å². The fourth-order valence-corrected chi connectivity index (χ4v) is 6.29. The molecule has 2 atom stereocenters. The molecule has 1 aliphatic heterocycles. The molecule has 5 nitrogen and oxygen atoms in total. The molecule has 2 amide bonds. The second-order valence-electron chi connectivity index (χ2n) is 9.91. The maximum atomic E-state index is 13.9. The molecule has 1 saturated carbocycles. The summed E-state index contributed by atoms with van der Waals surface area (Å²) in [7, 11) is 0. The molecule has 0 N–H and O–H groups in total. The monoisotopic (exact) mass is 617 g/mol. The van der Waals surface area contributed by atoms with Crippen molar-refractivity contribution in [2.75, 3.05) is 18.1 Å². The summed E-state index contributed by atoms with van der Waals surface area (Å²) in [4.78, 5) is 28.8. The van der Waals surface area contributed by atoms with Crippen molar-refractivity contribution in [1.29, 1.82) is 0 Å². The average molecular weight is 618 g/mol. The van der Waals surface area contributed by atoms with Crippen molar-refractivity contribution in [3.05, 3.63) is 87.9 Å². The number of ether oxygens (including phenoxy) is 2. The minimum Gasteiger partial charge on any atom is -0.484 e. The third kappa shape index (κ3) is 4.99. The Morgan fingerprint density at radius 2 is 1.17 bits per heavy atom. The Morgan fingerprint density at radius 3 is 1.51 bits per heavy atom. The van der Waals surface area contributed by atoms with Crippen LogP contribution in [-0.2, 0) is 15.0 Å². The summed E-state index contributed by atoms with van der Waals surface area (Å²) >= 11 is 12.2. The van der Waals surface area contributed by atoms with Gasteiger partial charge in [-0.15, -0.1) is 0 Å². The number of rotatable bonds is 7. The van der Waals surface area contributed by atoms with Gasteiger partial charge in [0.05, 0.1) is 17.0 Å². The Labute approximate surface area is 239 Å². The van der Waals surface area contributed by atoms with Gasteiger partial charge >= 0.3 is 12.4 Å². The van der Waals surface area contributed by atoms with E-state index < -0.39 is 54.1 Å². The summed E-state index contributed by atoms with van der Waals surface area (Å²) in [5.74, 6) is -2.25. The van der Waals surface area contributed by atoms with E-state index in [2.05, 4.69) is 0 Å². The van der Waals surface area contributed by atoms with Gasteiger partial charge in [0.2, 0.25) is 11.8 Å². The van der Waals surface area contributed by atoms with Gasteiger partial charge in [-0.05, 0) is 60.5 Å². The number of carbonyl (C=O) groups excluding carboxylic acids is 2. The first-order valence-corrected chi connectivity index (χ1v) is 12.8. The minimum absolute atomic E-state index is 0.0825. The smallest absolute Gasteiger partial charge is 0.422 e. The molecular formula is C28H19Cl2F6NO4. The highest BCUT2D eigenvalue weighted by atomic mass is 35.5. The van der Waals surface area contributed by atoms with Crippen LogP contribution in [0.5, 0.6) is 11.5 Å². The lowest BCUT2D eigenvalue weighted by atomic mass is 9.79. The number of benzene rings is 3. The Kier molecular flexibility index (Phi) is 6.97. The highest BCUT2D eigenvalue weighted by molar-refractivity contribution is 6.36. The molecule has 41 heavy (non-hydrogen) atoms. The predicted molar refractivity (Wildman–Crippen MR) is 137 cm³/mol. The lowest BCUT2D eigenvalue weighted by molar-refractivity contribution is -0.154. The van der Waals surface area contributed by atoms with Crippen molar-refractivity contribution >= 4 is 40.7 Å². The van der Waals surface area contributed by atoms with Crippen molar-refractivity contribution in [1.82, 2.24) is 0 Å². The quantitative estimate of drug-likeness (QED) is 0.205. The summed E-state index contributed by atoms with van der Waals surface area (Å²) in [5, 5.41) is 0.406. The number of carbonyl (C=O) groups is 2. The number of hydrogen-bond donors (Lipinski definition) is 0. The van der Waals surface area contributed by atoms with Crippen LogP contribution in [0.15, 0.2) is 66.7 Å². The molecule has 0 bridgehead atoms. The molecule has 2 fully saturated rings. The maximum Gasteiger partial charge on any atom is 0.422 e. The number of halogens is 8. The highest BCUT2D eigenvalue weighted by Gasteiger charge is 2.86. The molecule has 216 valence electrons. The standard InChI is InChI=1S/C28H19Cl2F6NO4/c1-25-22(23(38)37(24(25)39)19-11-17(29)10-18(30)12-19)28(25,15-2-6-20(7-3-15)40-13-26(31,32)33)16-4-8-21(9-5-16)41-14-27(34,35)36/h2-12,22H,13-14H2,1H3. The maximum absolute atomic E-state index is 13.9. The normalized spacial score (nSPS) is 21.6. The van der Waals surface area contributed by atoms with Crippen LogP contribution in [0.4, 0.5) is 32.0 Å². The number of amides is 2. The Hall–Kier alpha value is -3.44. The van der Waals surface area contributed by atoms with Gasteiger partial charge in [0.15, 0.2) is 13.2 Å². The first-order valence-electron chi connectivity index (χ1n) is 12.0. The molecule has 0 aromatic heterocycles. The van der Waals surface area contributed by atoms with Crippen molar-refractivity contribution in [2.24, 2.45) is 11.3 Å².